The molecule has 1 aromatic heterocycles. The van der Waals surface area contributed by atoms with Crippen LogP contribution in [0.5, 0.6) is 0 Å². The number of carbonyl (C=O) groups excluding carboxylic acids is 1. The average Bonchev–Trinajstić information content (AvgIpc) is 2.88. The fourth-order valence-electron chi connectivity index (χ4n) is 1.77. The number of nitriles is 1. The lowest BCUT2D eigenvalue weighted by Gasteiger charge is -2.05. The first-order valence-corrected chi connectivity index (χ1v) is 5.77. The van der Waals surface area contributed by atoms with E-state index in [0.717, 1.165) is 5.56 Å². The first-order chi connectivity index (χ1) is 9.19. The lowest BCUT2D eigenvalue weighted by atomic mass is 10.00. The van der Waals surface area contributed by atoms with Crippen molar-refractivity contribution in [1.29, 1.82) is 5.26 Å². The summed E-state index contributed by atoms with van der Waals surface area (Å²) >= 11 is 0. The molecule has 96 valence electrons. The van der Waals surface area contributed by atoms with Crippen LogP contribution in [0.1, 0.15) is 28.5 Å². The van der Waals surface area contributed by atoms with E-state index in [0.29, 0.717) is 16.8 Å². The summed E-state index contributed by atoms with van der Waals surface area (Å²) in [6.07, 6.45) is 0. The summed E-state index contributed by atoms with van der Waals surface area (Å²) in [4.78, 5) is 11.8. The molecule has 19 heavy (non-hydrogen) atoms. The van der Waals surface area contributed by atoms with Crippen molar-refractivity contribution in [3.8, 4) is 17.3 Å². The number of nitrogens with one attached hydrogen (secondary N) is 1. The highest BCUT2D eigenvalue weighted by atomic mass is 16.5. The van der Waals surface area contributed by atoms with Crippen molar-refractivity contribution >= 4 is 5.97 Å². The SMILES string of the molecule is CCOC(=O)c1n[nH]nc1-c1cccc(C#N)c1C. The fraction of sp³-hybridized carbons (Fsp3) is 0.231. The summed E-state index contributed by atoms with van der Waals surface area (Å²) in [6, 6.07) is 7.34. The predicted molar refractivity (Wildman–Crippen MR) is 67.2 cm³/mol. The van der Waals surface area contributed by atoms with Crippen LogP contribution < -0.4 is 0 Å². The van der Waals surface area contributed by atoms with E-state index in [9.17, 15) is 4.79 Å². The quantitative estimate of drug-likeness (QED) is 0.846. The third-order valence-electron chi connectivity index (χ3n) is 2.73. The van der Waals surface area contributed by atoms with Crippen molar-refractivity contribution in [1.82, 2.24) is 15.4 Å². The Bertz CT molecular complexity index is 655. The second kappa shape index (κ2) is 5.31. The molecule has 0 amide bonds. The van der Waals surface area contributed by atoms with Gasteiger partial charge in [-0.2, -0.15) is 15.6 Å². The third-order valence-corrected chi connectivity index (χ3v) is 2.73. The molecule has 1 N–H and O–H groups in total. The third kappa shape index (κ3) is 2.31. The topological polar surface area (TPSA) is 91.7 Å². The highest BCUT2D eigenvalue weighted by Gasteiger charge is 2.20. The molecular formula is C13H12N4O2. The molecule has 0 aliphatic heterocycles. The number of aromatic amines is 1. The molecule has 0 saturated heterocycles. The van der Waals surface area contributed by atoms with E-state index in [1.165, 1.54) is 0 Å². The number of carbonyl (C=O) groups is 1. The van der Waals surface area contributed by atoms with Crippen LogP contribution in [0, 0.1) is 18.3 Å². The number of nitrogens with zero attached hydrogens (tertiary/aromatic N) is 3. The van der Waals surface area contributed by atoms with Gasteiger partial charge >= 0.3 is 5.97 Å². The summed E-state index contributed by atoms with van der Waals surface area (Å²) in [5, 5.41) is 19.2. The molecule has 2 aromatic rings. The number of rotatable bonds is 3. The number of ether oxygens (including phenoxy) is 1. The molecule has 0 fully saturated rings. The lowest BCUT2D eigenvalue weighted by molar-refractivity contribution is 0.0520. The average molecular weight is 256 g/mol. The molecule has 6 nitrogen and oxygen atoms in total. The molecule has 0 bridgehead atoms. The van der Waals surface area contributed by atoms with E-state index < -0.39 is 5.97 Å². The van der Waals surface area contributed by atoms with E-state index in [1.807, 2.05) is 0 Å². The van der Waals surface area contributed by atoms with Gasteiger partial charge in [0.05, 0.1) is 18.2 Å². The number of hydrogen-bond acceptors (Lipinski definition) is 5. The molecule has 0 unspecified atom stereocenters. The molecule has 0 aliphatic rings. The minimum Gasteiger partial charge on any atom is -0.461 e. The molecule has 0 spiro atoms. The number of aromatic nitrogens is 3. The molecule has 2 rings (SSSR count). The zero-order valence-corrected chi connectivity index (χ0v) is 10.6. The largest absolute Gasteiger partial charge is 0.461 e. The van der Waals surface area contributed by atoms with Crippen LogP contribution in [-0.2, 0) is 4.74 Å². The summed E-state index contributed by atoms with van der Waals surface area (Å²) in [5.41, 5.74) is 2.50. The predicted octanol–water partition coefficient (Wildman–Crippen LogP) is 1.83. The number of hydrogen-bond donors (Lipinski definition) is 1. The van der Waals surface area contributed by atoms with Crippen LogP contribution in [0.15, 0.2) is 18.2 Å². The van der Waals surface area contributed by atoms with Crippen molar-refractivity contribution in [3.05, 3.63) is 35.0 Å². The van der Waals surface area contributed by atoms with Gasteiger partial charge in [-0.05, 0) is 25.5 Å². The van der Waals surface area contributed by atoms with Gasteiger partial charge in [0, 0.05) is 5.56 Å². The van der Waals surface area contributed by atoms with Gasteiger partial charge < -0.3 is 4.74 Å². The van der Waals surface area contributed by atoms with Gasteiger partial charge in [-0.15, -0.1) is 5.10 Å². The Balaban J connectivity index is 2.52. The Hall–Kier alpha value is -2.68. The summed E-state index contributed by atoms with van der Waals surface area (Å²) < 4.78 is 4.92. The zero-order chi connectivity index (χ0) is 13.8. The Kier molecular flexibility index (Phi) is 3.57. The van der Waals surface area contributed by atoms with Gasteiger partial charge in [-0.3, -0.25) is 0 Å². The van der Waals surface area contributed by atoms with E-state index >= 15 is 0 Å². The number of benzene rings is 1. The Labute approximate surface area is 110 Å². The summed E-state index contributed by atoms with van der Waals surface area (Å²) in [6.45, 7) is 3.79. The van der Waals surface area contributed by atoms with Crippen LogP contribution >= 0.6 is 0 Å². The highest BCUT2D eigenvalue weighted by molar-refractivity contribution is 5.94. The monoisotopic (exact) mass is 256 g/mol. The van der Waals surface area contributed by atoms with Crippen LogP contribution in [0.3, 0.4) is 0 Å². The molecule has 0 aliphatic carbocycles. The number of esters is 1. The Morgan fingerprint density at radius 3 is 2.95 bits per heavy atom. The van der Waals surface area contributed by atoms with Crippen molar-refractivity contribution in [2.45, 2.75) is 13.8 Å². The second-order valence-electron chi connectivity index (χ2n) is 3.83. The zero-order valence-electron chi connectivity index (χ0n) is 10.6. The first kappa shape index (κ1) is 12.8. The lowest BCUT2D eigenvalue weighted by Crippen LogP contribution is -2.07. The summed E-state index contributed by atoms with van der Waals surface area (Å²) in [7, 11) is 0. The fourth-order valence-corrected chi connectivity index (χ4v) is 1.77. The normalized spacial score (nSPS) is 9.95. The number of H-pyrrole nitrogens is 1. The van der Waals surface area contributed by atoms with E-state index in [4.69, 9.17) is 10.00 Å². The first-order valence-electron chi connectivity index (χ1n) is 5.77. The molecule has 6 heteroatoms. The molecule has 0 saturated carbocycles. The van der Waals surface area contributed by atoms with Crippen LogP contribution in [0.2, 0.25) is 0 Å². The maximum atomic E-state index is 11.8. The van der Waals surface area contributed by atoms with Crippen molar-refractivity contribution in [2.75, 3.05) is 6.61 Å². The maximum Gasteiger partial charge on any atom is 0.361 e. The maximum absolute atomic E-state index is 11.8. The van der Waals surface area contributed by atoms with Crippen molar-refractivity contribution in [2.24, 2.45) is 0 Å². The van der Waals surface area contributed by atoms with E-state index in [2.05, 4.69) is 21.5 Å². The van der Waals surface area contributed by atoms with Gasteiger partial charge in [-0.1, -0.05) is 12.1 Å². The minimum absolute atomic E-state index is 0.125. The van der Waals surface area contributed by atoms with Crippen molar-refractivity contribution in [3.63, 3.8) is 0 Å². The second-order valence-corrected chi connectivity index (χ2v) is 3.83. The van der Waals surface area contributed by atoms with Gasteiger partial charge in [-0.25, -0.2) is 4.79 Å². The molecule has 1 heterocycles. The van der Waals surface area contributed by atoms with Gasteiger partial charge in [0.1, 0.15) is 5.69 Å². The van der Waals surface area contributed by atoms with Gasteiger partial charge in [0.25, 0.3) is 0 Å². The molecular weight excluding hydrogens is 244 g/mol. The smallest absolute Gasteiger partial charge is 0.361 e. The molecule has 1 aromatic carbocycles. The van der Waals surface area contributed by atoms with Crippen molar-refractivity contribution < 1.29 is 9.53 Å². The van der Waals surface area contributed by atoms with Crippen LogP contribution in [-0.4, -0.2) is 28.0 Å². The van der Waals surface area contributed by atoms with E-state index in [-0.39, 0.29) is 12.3 Å². The summed E-state index contributed by atoms with van der Waals surface area (Å²) in [5.74, 6) is -0.534. The van der Waals surface area contributed by atoms with E-state index in [1.54, 1.807) is 32.0 Å². The standard InChI is InChI=1S/C13H12N4O2/c1-3-19-13(18)12-11(15-17-16-12)10-6-4-5-9(7-14)8(10)2/h4-6H,3H2,1-2H3,(H,15,16,17). The molecule has 0 atom stereocenters. The Morgan fingerprint density at radius 1 is 1.47 bits per heavy atom. The van der Waals surface area contributed by atoms with Crippen LogP contribution in [0.4, 0.5) is 0 Å². The van der Waals surface area contributed by atoms with Gasteiger partial charge in [0.2, 0.25) is 0 Å². The Morgan fingerprint density at radius 2 is 2.26 bits per heavy atom. The highest BCUT2D eigenvalue weighted by Crippen LogP contribution is 2.25. The van der Waals surface area contributed by atoms with Gasteiger partial charge in [0.15, 0.2) is 5.69 Å². The molecule has 0 radical (unpaired) electrons. The minimum atomic E-state index is -0.534. The van der Waals surface area contributed by atoms with Crippen LogP contribution in [0.25, 0.3) is 11.3 Å².